The molecule has 8 heteroatoms. The van der Waals surface area contributed by atoms with Crippen LogP contribution in [0.25, 0.3) is 0 Å². The highest BCUT2D eigenvalue weighted by Crippen LogP contribution is 2.37. The Morgan fingerprint density at radius 3 is 1.43 bits per heavy atom. The summed E-state index contributed by atoms with van der Waals surface area (Å²) >= 11 is 35.6. The van der Waals surface area contributed by atoms with Crippen LogP contribution in [0, 0.1) is 0 Å². The number of hydrogen-bond acceptors (Lipinski definition) is 2. The molecule has 0 bridgehead atoms. The summed E-state index contributed by atoms with van der Waals surface area (Å²) in [6, 6.07) is 9.16. The zero-order chi connectivity index (χ0) is 15.6. The quantitative estimate of drug-likeness (QED) is 0.408. The Hall–Kier alpha value is -0.220. The molecule has 0 heterocycles. The number of hydrogen-bond donors (Lipinski definition) is 0. The Bertz CT molecular complexity index is 604. The fraction of sp³-hybridized carbons (Fsp3) is 0.0769. The van der Waals surface area contributed by atoms with Crippen LogP contribution in [0.2, 0.25) is 20.1 Å². The molecule has 21 heavy (non-hydrogen) atoms. The van der Waals surface area contributed by atoms with E-state index in [-0.39, 0.29) is 21.5 Å². The van der Waals surface area contributed by atoms with Crippen LogP contribution in [0.3, 0.4) is 0 Å². The molecule has 0 fully saturated rings. The molecule has 0 radical (unpaired) electrons. The highest BCUT2D eigenvalue weighted by Gasteiger charge is 2.31. The predicted molar refractivity (Wildman–Crippen MR) is 88.6 cm³/mol. The molecule has 2 nitrogen and oxygen atoms in total. The summed E-state index contributed by atoms with van der Waals surface area (Å²) in [7, 11) is 0. The fourth-order valence-corrected chi connectivity index (χ4v) is 2.36. The van der Waals surface area contributed by atoms with Gasteiger partial charge >= 0.3 is 4.71 Å². The molecule has 2 aromatic carbocycles. The van der Waals surface area contributed by atoms with Crippen LogP contribution in [0.1, 0.15) is 0 Å². The second-order valence-electron chi connectivity index (χ2n) is 3.82. The normalized spacial score (nSPS) is 11.3. The SMILES string of the molecule is Clc1ccc(Cl)c(OC(Cl)(Cl)Oc2cc(Cl)ccc2Cl)c1. The lowest BCUT2D eigenvalue weighted by Crippen LogP contribution is -2.29. The minimum atomic E-state index is -2.07. The zero-order valence-electron chi connectivity index (χ0n) is 10.0. The Morgan fingerprint density at radius 1 is 0.667 bits per heavy atom. The Kier molecular flexibility index (Phi) is 5.64. The van der Waals surface area contributed by atoms with Crippen molar-refractivity contribution < 1.29 is 9.47 Å². The molecule has 0 aliphatic heterocycles. The van der Waals surface area contributed by atoms with Crippen LogP contribution < -0.4 is 9.47 Å². The molecular formula is C13H6Cl6O2. The third kappa shape index (κ3) is 4.88. The largest absolute Gasteiger partial charge is 0.426 e. The maximum atomic E-state index is 5.97. The van der Waals surface area contributed by atoms with E-state index in [4.69, 9.17) is 79.1 Å². The van der Waals surface area contributed by atoms with Gasteiger partial charge in [0.15, 0.2) is 0 Å². The number of ether oxygens (including phenoxy) is 2. The Morgan fingerprint density at radius 2 is 1.05 bits per heavy atom. The van der Waals surface area contributed by atoms with Crippen molar-refractivity contribution in [3.8, 4) is 11.5 Å². The van der Waals surface area contributed by atoms with Gasteiger partial charge in [0.1, 0.15) is 11.5 Å². The summed E-state index contributed by atoms with van der Waals surface area (Å²) in [5.41, 5.74) is 0. The first-order valence-electron chi connectivity index (χ1n) is 5.43. The minimum Gasteiger partial charge on any atom is -0.426 e. The van der Waals surface area contributed by atoms with Gasteiger partial charge < -0.3 is 9.47 Å². The van der Waals surface area contributed by atoms with Crippen molar-refractivity contribution in [2.75, 3.05) is 0 Å². The second-order valence-corrected chi connectivity index (χ2v) is 6.69. The van der Waals surface area contributed by atoms with Gasteiger partial charge in [-0.2, -0.15) is 0 Å². The summed E-state index contributed by atoms with van der Waals surface area (Å²) in [6.45, 7) is 0. The summed E-state index contributed by atoms with van der Waals surface area (Å²) in [5.74, 6) is 0.319. The maximum absolute atomic E-state index is 5.97. The molecule has 0 unspecified atom stereocenters. The van der Waals surface area contributed by atoms with Crippen molar-refractivity contribution >= 4 is 69.6 Å². The van der Waals surface area contributed by atoms with E-state index in [1.807, 2.05) is 0 Å². The van der Waals surface area contributed by atoms with Gasteiger partial charge in [-0.05, 0) is 47.5 Å². The van der Waals surface area contributed by atoms with Crippen molar-refractivity contribution in [1.29, 1.82) is 0 Å². The molecule has 0 saturated carbocycles. The van der Waals surface area contributed by atoms with Crippen molar-refractivity contribution in [2.45, 2.75) is 4.71 Å². The van der Waals surface area contributed by atoms with E-state index in [9.17, 15) is 0 Å². The molecule has 0 amide bonds. The van der Waals surface area contributed by atoms with Gasteiger partial charge in [0.2, 0.25) is 0 Å². The third-order valence-electron chi connectivity index (χ3n) is 2.24. The van der Waals surface area contributed by atoms with Crippen LogP contribution in [-0.4, -0.2) is 4.71 Å². The second kappa shape index (κ2) is 6.91. The van der Waals surface area contributed by atoms with Crippen LogP contribution in [0.5, 0.6) is 11.5 Å². The Labute approximate surface area is 151 Å². The lowest BCUT2D eigenvalue weighted by molar-refractivity contribution is 0.0373. The van der Waals surface area contributed by atoms with E-state index >= 15 is 0 Å². The van der Waals surface area contributed by atoms with Crippen molar-refractivity contribution in [3.05, 3.63) is 56.5 Å². The molecule has 2 rings (SSSR count). The molecule has 0 spiro atoms. The van der Waals surface area contributed by atoms with E-state index < -0.39 is 4.71 Å². The van der Waals surface area contributed by atoms with Gasteiger partial charge in [0.05, 0.1) is 10.0 Å². The first-order valence-corrected chi connectivity index (χ1v) is 7.69. The number of alkyl halides is 2. The summed E-state index contributed by atoms with van der Waals surface area (Å²) in [5, 5.41) is 1.34. The lowest BCUT2D eigenvalue weighted by atomic mass is 10.3. The molecular weight excluding hydrogens is 401 g/mol. The topological polar surface area (TPSA) is 18.5 Å². The van der Waals surface area contributed by atoms with Gasteiger partial charge in [-0.25, -0.2) is 0 Å². The van der Waals surface area contributed by atoms with Crippen LogP contribution in [0.4, 0.5) is 0 Å². The van der Waals surface area contributed by atoms with Gasteiger partial charge in [0.25, 0.3) is 0 Å². The fourth-order valence-electron chi connectivity index (χ4n) is 1.39. The first kappa shape index (κ1) is 17.1. The predicted octanol–water partition coefficient (Wildman–Crippen LogP) is 6.85. The molecule has 0 aliphatic carbocycles. The van der Waals surface area contributed by atoms with E-state index in [0.29, 0.717) is 10.0 Å². The monoisotopic (exact) mass is 404 g/mol. The van der Waals surface area contributed by atoms with Crippen molar-refractivity contribution in [2.24, 2.45) is 0 Å². The van der Waals surface area contributed by atoms with Gasteiger partial charge in [-0.1, -0.05) is 46.4 Å². The van der Waals surface area contributed by atoms with Gasteiger partial charge in [0, 0.05) is 22.2 Å². The molecule has 0 saturated heterocycles. The third-order valence-corrected chi connectivity index (χ3v) is 3.65. The molecule has 0 aromatic heterocycles. The lowest BCUT2D eigenvalue weighted by Gasteiger charge is -2.23. The summed E-state index contributed by atoms with van der Waals surface area (Å²) in [6.07, 6.45) is 0. The molecule has 0 N–H and O–H groups in total. The number of rotatable bonds is 4. The summed E-state index contributed by atoms with van der Waals surface area (Å²) in [4.78, 5) is 0. The average Bonchev–Trinajstić information content (AvgIpc) is 2.37. The zero-order valence-corrected chi connectivity index (χ0v) is 14.6. The molecule has 112 valence electrons. The number of benzene rings is 2. The molecule has 0 aliphatic rings. The minimum absolute atomic E-state index is 0.160. The summed E-state index contributed by atoms with van der Waals surface area (Å²) < 4.78 is 8.54. The van der Waals surface area contributed by atoms with Crippen molar-refractivity contribution in [1.82, 2.24) is 0 Å². The highest BCUT2D eigenvalue weighted by atomic mass is 35.5. The smallest absolute Gasteiger partial charge is 0.419 e. The van der Waals surface area contributed by atoms with E-state index in [1.165, 1.54) is 24.3 Å². The van der Waals surface area contributed by atoms with E-state index in [2.05, 4.69) is 0 Å². The van der Waals surface area contributed by atoms with E-state index in [1.54, 1.807) is 12.1 Å². The molecule has 2 aromatic rings. The van der Waals surface area contributed by atoms with Gasteiger partial charge in [-0.15, -0.1) is 0 Å². The van der Waals surface area contributed by atoms with Crippen LogP contribution >= 0.6 is 69.6 Å². The van der Waals surface area contributed by atoms with Crippen LogP contribution in [0.15, 0.2) is 36.4 Å². The van der Waals surface area contributed by atoms with E-state index in [0.717, 1.165) is 0 Å². The Balaban J connectivity index is 2.22. The number of halogens is 6. The standard InChI is InChI=1S/C13H6Cl6O2/c14-7-1-3-9(16)11(5-7)20-13(18,19)21-12-6-8(15)2-4-10(12)17/h1-6H. The highest BCUT2D eigenvalue weighted by molar-refractivity contribution is 6.46. The van der Waals surface area contributed by atoms with Crippen molar-refractivity contribution in [3.63, 3.8) is 0 Å². The molecule has 0 atom stereocenters. The van der Waals surface area contributed by atoms with Crippen LogP contribution in [-0.2, 0) is 0 Å². The maximum Gasteiger partial charge on any atom is 0.419 e. The average molecular weight is 407 g/mol. The van der Waals surface area contributed by atoms with Gasteiger partial charge in [-0.3, -0.25) is 0 Å². The first-order chi connectivity index (χ1) is 9.77.